The normalized spacial score (nSPS) is 11.2. The van der Waals surface area contributed by atoms with Crippen molar-refractivity contribution in [3.63, 3.8) is 0 Å². The number of nitrogens with zero attached hydrogens (tertiary/aromatic N) is 1. The third kappa shape index (κ3) is 2.37. The van der Waals surface area contributed by atoms with Crippen molar-refractivity contribution >= 4 is 37.6 Å². The van der Waals surface area contributed by atoms with Gasteiger partial charge in [-0.05, 0) is 53.6 Å². The standard InChI is InChI=1S/C20H14BrNO/c1-12-10-18(16-11-14(21)7-9-19(16)23)22-17-8-6-13-4-2-3-5-15(13)20(12)17/h2-11,23H,1H3. The van der Waals surface area contributed by atoms with Gasteiger partial charge >= 0.3 is 0 Å². The fourth-order valence-corrected chi connectivity index (χ4v) is 3.42. The molecule has 0 saturated carbocycles. The molecule has 0 aliphatic rings. The molecule has 0 amide bonds. The Labute approximate surface area is 142 Å². The van der Waals surface area contributed by atoms with Gasteiger partial charge in [-0.15, -0.1) is 0 Å². The molecule has 0 unspecified atom stereocenters. The van der Waals surface area contributed by atoms with Gasteiger partial charge in [-0.2, -0.15) is 0 Å². The topological polar surface area (TPSA) is 33.1 Å². The Kier molecular flexibility index (Phi) is 3.31. The van der Waals surface area contributed by atoms with E-state index in [0.717, 1.165) is 26.8 Å². The molecule has 0 saturated heterocycles. The summed E-state index contributed by atoms with van der Waals surface area (Å²) in [6, 6.07) is 19.9. The summed E-state index contributed by atoms with van der Waals surface area (Å²) < 4.78 is 0.920. The number of pyridine rings is 1. The SMILES string of the molecule is Cc1cc(-c2cc(Br)ccc2O)nc2ccc3ccccc3c12. The minimum Gasteiger partial charge on any atom is -0.507 e. The summed E-state index contributed by atoms with van der Waals surface area (Å²) in [4.78, 5) is 4.78. The predicted molar refractivity (Wildman–Crippen MR) is 98.8 cm³/mol. The lowest BCUT2D eigenvalue weighted by atomic mass is 9.99. The first-order valence-corrected chi connectivity index (χ1v) is 8.21. The first-order valence-electron chi connectivity index (χ1n) is 7.41. The number of hydrogen-bond donors (Lipinski definition) is 1. The lowest BCUT2D eigenvalue weighted by molar-refractivity contribution is 0.477. The van der Waals surface area contributed by atoms with Gasteiger partial charge in [0.15, 0.2) is 0 Å². The largest absolute Gasteiger partial charge is 0.507 e. The van der Waals surface area contributed by atoms with Gasteiger partial charge in [0.25, 0.3) is 0 Å². The molecular formula is C20H14BrNO. The molecule has 0 spiro atoms. The highest BCUT2D eigenvalue weighted by Crippen LogP contribution is 2.34. The van der Waals surface area contributed by atoms with Crippen LogP contribution in [0.1, 0.15) is 5.56 Å². The van der Waals surface area contributed by atoms with Gasteiger partial charge < -0.3 is 5.11 Å². The van der Waals surface area contributed by atoms with E-state index in [2.05, 4.69) is 47.1 Å². The summed E-state index contributed by atoms with van der Waals surface area (Å²) >= 11 is 3.46. The number of rotatable bonds is 1. The fourth-order valence-electron chi connectivity index (χ4n) is 3.06. The van der Waals surface area contributed by atoms with Crippen LogP contribution in [-0.2, 0) is 0 Å². The van der Waals surface area contributed by atoms with Gasteiger partial charge in [-0.1, -0.05) is 46.3 Å². The van der Waals surface area contributed by atoms with E-state index in [-0.39, 0.29) is 5.75 Å². The Morgan fingerprint density at radius 1 is 0.957 bits per heavy atom. The first-order chi connectivity index (χ1) is 11.1. The number of benzene rings is 3. The van der Waals surface area contributed by atoms with E-state index >= 15 is 0 Å². The monoisotopic (exact) mass is 363 g/mol. The molecule has 1 aromatic heterocycles. The molecule has 3 heteroatoms. The lowest BCUT2D eigenvalue weighted by Gasteiger charge is -2.11. The van der Waals surface area contributed by atoms with Gasteiger partial charge in [-0.25, -0.2) is 4.98 Å². The number of phenols is 1. The van der Waals surface area contributed by atoms with Crippen LogP contribution in [0.15, 0.2) is 65.1 Å². The Bertz CT molecular complexity index is 1060. The van der Waals surface area contributed by atoms with Gasteiger partial charge in [0.05, 0.1) is 11.2 Å². The number of phenolic OH excluding ortho intramolecular Hbond substituents is 1. The molecule has 2 nitrogen and oxygen atoms in total. The van der Waals surface area contributed by atoms with E-state index < -0.39 is 0 Å². The lowest BCUT2D eigenvalue weighted by Crippen LogP contribution is -1.90. The molecule has 1 heterocycles. The van der Waals surface area contributed by atoms with E-state index in [1.54, 1.807) is 6.07 Å². The Morgan fingerprint density at radius 2 is 1.78 bits per heavy atom. The maximum Gasteiger partial charge on any atom is 0.125 e. The molecule has 23 heavy (non-hydrogen) atoms. The molecule has 4 aromatic rings. The molecule has 1 N–H and O–H groups in total. The second-order valence-electron chi connectivity index (χ2n) is 5.67. The highest BCUT2D eigenvalue weighted by atomic mass is 79.9. The van der Waals surface area contributed by atoms with Crippen molar-refractivity contribution < 1.29 is 5.11 Å². The van der Waals surface area contributed by atoms with Crippen LogP contribution in [0.3, 0.4) is 0 Å². The van der Waals surface area contributed by atoms with Crippen LogP contribution in [0.25, 0.3) is 32.9 Å². The quantitative estimate of drug-likeness (QED) is 0.431. The highest BCUT2D eigenvalue weighted by molar-refractivity contribution is 9.10. The minimum atomic E-state index is 0.236. The summed E-state index contributed by atoms with van der Waals surface area (Å²) in [5, 5.41) is 13.7. The minimum absolute atomic E-state index is 0.236. The van der Waals surface area contributed by atoms with Crippen molar-refractivity contribution in [3.8, 4) is 17.0 Å². The zero-order valence-corrected chi connectivity index (χ0v) is 14.1. The van der Waals surface area contributed by atoms with Crippen LogP contribution in [0.5, 0.6) is 5.75 Å². The number of aryl methyl sites for hydroxylation is 1. The van der Waals surface area contributed by atoms with Crippen molar-refractivity contribution in [2.24, 2.45) is 0 Å². The summed E-state index contributed by atoms with van der Waals surface area (Å²) in [6.45, 7) is 2.09. The van der Waals surface area contributed by atoms with Crippen molar-refractivity contribution in [1.29, 1.82) is 0 Å². The molecule has 0 atom stereocenters. The average Bonchev–Trinajstić information content (AvgIpc) is 2.56. The van der Waals surface area contributed by atoms with E-state index in [1.165, 1.54) is 16.2 Å². The highest BCUT2D eigenvalue weighted by Gasteiger charge is 2.11. The molecule has 3 aromatic carbocycles. The van der Waals surface area contributed by atoms with Gasteiger partial charge in [0, 0.05) is 15.4 Å². The van der Waals surface area contributed by atoms with Crippen LogP contribution in [0.4, 0.5) is 0 Å². The first kappa shape index (κ1) is 14.2. The number of fused-ring (bicyclic) bond motifs is 3. The van der Waals surface area contributed by atoms with E-state index in [0.29, 0.717) is 0 Å². The van der Waals surface area contributed by atoms with Gasteiger partial charge in [0.2, 0.25) is 0 Å². The van der Waals surface area contributed by atoms with Crippen molar-refractivity contribution in [2.75, 3.05) is 0 Å². The molecule has 0 radical (unpaired) electrons. The van der Waals surface area contributed by atoms with Crippen LogP contribution >= 0.6 is 15.9 Å². The fraction of sp³-hybridized carbons (Fsp3) is 0.0500. The number of aromatic nitrogens is 1. The maximum atomic E-state index is 10.2. The predicted octanol–water partition coefficient (Wildman–Crippen LogP) is 5.83. The van der Waals surface area contributed by atoms with E-state index in [1.807, 2.05) is 30.3 Å². The van der Waals surface area contributed by atoms with Crippen LogP contribution in [-0.4, -0.2) is 10.1 Å². The molecule has 0 aliphatic heterocycles. The van der Waals surface area contributed by atoms with Crippen molar-refractivity contribution in [1.82, 2.24) is 4.98 Å². The van der Waals surface area contributed by atoms with Crippen LogP contribution in [0.2, 0.25) is 0 Å². The summed E-state index contributed by atoms with van der Waals surface area (Å²) in [5.41, 5.74) is 3.61. The summed E-state index contributed by atoms with van der Waals surface area (Å²) in [5.74, 6) is 0.236. The number of aromatic hydroxyl groups is 1. The molecule has 0 bridgehead atoms. The van der Waals surface area contributed by atoms with Crippen molar-refractivity contribution in [3.05, 3.63) is 70.7 Å². The summed E-state index contributed by atoms with van der Waals surface area (Å²) in [7, 11) is 0. The molecule has 0 aliphatic carbocycles. The molecule has 4 rings (SSSR count). The Hall–Kier alpha value is -2.39. The van der Waals surface area contributed by atoms with Gasteiger partial charge in [0.1, 0.15) is 5.75 Å². The summed E-state index contributed by atoms with van der Waals surface area (Å²) in [6.07, 6.45) is 0. The zero-order chi connectivity index (χ0) is 16.0. The van der Waals surface area contributed by atoms with Gasteiger partial charge in [-0.3, -0.25) is 0 Å². The van der Waals surface area contributed by atoms with Crippen LogP contribution < -0.4 is 0 Å². The molecule has 0 fully saturated rings. The third-order valence-corrected chi connectivity index (χ3v) is 4.62. The third-order valence-electron chi connectivity index (χ3n) is 4.13. The Balaban J connectivity index is 2.05. The Morgan fingerprint density at radius 3 is 2.65 bits per heavy atom. The number of hydrogen-bond acceptors (Lipinski definition) is 2. The van der Waals surface area contributed by atoms with Crippen molar-refractivity contribution in [2.45, 2.75) is 6.92 Å². The van der Waals surface area contributed by atoms with E-state index in [9.17, 15) is 5.11 Å². The second-order valence-corrected chi connectivity index (χ2v) is 6.58. The zero-order valence-electron chi connectivity index (χ0n) is 12.5. The molecule has 112 valence electrons. The smallest absolute Gasteiger partial charge is 0.125 e. The average molecular weight is 364 g/mol. The van der Waals surface area contributed by atoms with Crippen LogP contribution in [0, 0.1) is 6.92 Å². The maximum absolute atomic E-state index is 10.2. The van der Waals surface area contributed by atoms with E-state index in [4.69, 9.17) is 4.98 Å². The number of halogens is 1. The second kappa shape index (κ2) is 5.36. The molecular weight excluding hydrogens is 350 g/mol.